The van der Waals surface area contributed by atoms with E-state index in [-0.39, 0.29) is 11.5 Å². The number of carbonyl (C=O) groups is 1. The normalized spacial score (nSPS) is 12.5. The average molecular weight is 342 g/mol. The molecule has 0 fully saturated rings. The summed E-state index contributed by atoms with van der Waals surface area (Å²) in [5.74, 6) is -1.11. The SMILES string of the molecule is O=C(O)c1ccc(C(C=Nc2ccccc2)C=Nc2ccccc2)cc1. The van der Waals surface area contributed by atoms with Gasteiger partial charge in [-0.05, 0) is 42.0 Å². The van der Waals surface area contributed by atoms with E-state index in [1.165, 1.54) is 0 Å². The maximum atomic E-state index is 11.1. The van der Waals surface area contributed by atoms with E-state index in [1.54, 1.807) is 24.3 Å². The lowest BCUT2D eigenvalue weighted by Gasteiger charge is -2.08. The predicted molar refractivity (Wildman–Crippen MR) is 105 cm³/mol. The van der Waals surface area contributed by atoms with E-state index in [4.69, 9.17) is 5.11 Å². The highest BCUT2D eigenvalue weighted by Crippen LogP contribution is 2.18. The van der Waals surface area contributed by atoms with Gasteiger partial charge in [-0.3, -0.25) is 9.98 Å². The van der Waals surface area contributed by atoms with Crippen LogP contribution < -0.4 is 0 Å². The zero-order valence-corrected chi connectivity index (χ0v) is 14.1. The van der Waals surface area contributed by atoms with Gasteiger partial charge < -0.3 is 5.11 Å². The summed E-state index contributed by atoms with van der Waals surface area (Å²) in [6, 6.07) is 26.1. The van der Waals surface area contributed by atoms with Gasteiger partial charge >= 0.3 is 5.97 Å². The Kier molecular flexibility index (Phi) is 5.68. The number of para-hydroxylation sites is 2. The summed E-state index contributed by atoms with van der Waals surface area (Å²) >= 11 is 0. The lowest BCUT2D eigenvalue weighted by Crippen LogP contribution is -2.03. The summed E-state index contributed by atoms with van der Waals surface area (Å²) in [4.78, 5) is 20.1. The minimum atomic E-state index is -0.941. The van der Waals surface area contributed by atoms with Crippen molar-refractivity contribution in [2.45, 2.75) is 5.92 Å². The van der Waals surface area contributed by atoms with E-state index in [1.807, 2.05) is 73.1 Å². The summed E-state index contributed by atoms with van der Waals surface area (Å²) in [5.41, 5.74) is 2.89. The van der Waals surface area contributed by atoms with Crippen molar-refractivity contribution in [2.24, 2.45) is 9.98 Å². The lowest BCUT2D eigenvalue weighted by atomic mass is 10.00. The topological polar surface area (TPSA) is 62.0 Å². The van der Waals surface area contributed by atoms with Crippen LogP contribution in [0.5, 0.6) is 0 Å². The fourth-order valence-corrected chi connectivity index (χ4v) is 2.42. The van der Waals surface area contributed by atoms with Gasteiger partial charge in [0, 0.05) is 12.4 Å². The monoisotopic (exact) mass is 342 g/mol. The molecular weight excluding hydrogens is 324 g/mol. The number of nitrogens with zero attached hydrogens (tertiary/aromatic N) is 2. The highest BCUT2D eigenvalue weighted by Gasteiger charge is 2.09. The van der Waals surface area contributed by atoms with Crippen molar-refractivity contribution in [3.8, 4) is 0 Å². The molecule has 0 radical (unpaired) electrons. The molecule has 0 heterocycles. The van der Waals surface area contributed by atoms with Gasteiger partial charge in [0.2, 0.25) is 0 Å². The van der Waals surface area contributed by atoms with Crippen LogP contribution in [0.3, 0.4) is 0 Å². The minimum absolute atomic E-state index is 0.168. The van der Waals surface area contributed by atoms with Crippen molar-refractivity contribution in [3.63, 3.8) is 0 Å². The Balaban J connectivity index is 1.89. The predicted octanol–water partition coefficient (Wildman–Crippen LogP) is 5.27. The molecule has 0 aliphatic heterocycles. The third-order valence-corrected chi connectivity index (χ3v) is 3.82. The van der Waals surface area contributed by atoms with Gasteiger partial charge in [0.25, 0.3) is 0 Å². The Bertz CT molecular complexity index is 852. The quantitative estimate of drug-likeness (QED) is 0.620. The molecule has 0 atom stereocenters. The van der Waals surface area contributed by atoms with E-state index >= 15 is 0 Å². The molecule has 0 saturated carbocycles. The second kappa shape index (κ2) is 8.53. The molecule has 3 rings (SSSR count). The van der Waals surface area contributed by atoms with Gasteiger partial charge in [0.15, 0.2) is 0 Å². The molecule has 3 aromatic rings. The molecule has 128 valence electrons. The average Bonchev–Trinajstić information content (AvgIpc) is 2.70. The first-order valence-electron chi connectivity index (χ1n) is 8.24. The highest BCUT2D eigenvalue weighted by molar-refractivity contribution is 5.93. The molecule has 1 N–H and O–H groups in total. The van der Waals surface area contributed by atoms with Crippen molar-refractivity contribution < 1.29 is 9.90 Å². The van der Waals surface area contributed by atoms with Crippen LogP contribution in [-0.4, -0.2) is 23.5 Å². The Morgan fingerprint density at radius 2 is 1.19 bits per heavy atom. The van der Waals surface area contributed by atoms with E-state index in [0.717, 1.165) is 16.9 Å². The molecule has 0 amide bonds. The number of carboxylic acid groups (broad SMARTS) is 1. The Morgan fingerprint density at radius 3 is 1.62 bits per heavy atom. The zero-order chi connectivity index (χ0) is 18.2. The number of aromatic carboxylic acids is 1. The fourth-order valence-electron chi connectivity index (χ4n) is 2.42. The fraction of sp³-hybridized carbons (Fsp3) is 0.0455. The number of benzene rings is 3. The van der Waals surface area contributed by atoms with E-state index in [2.05, 4.69) is 9.98 Å². The van der Waals surface area contributed by atoms with Crippen molar-refractivity contribution in [3.05, 3.63) is 96.1 Å². The van der Waals surface area contributed by atoms with Gasteiger partial charge in [0.05, 0.1) is 22.9 Å². The number of hydrogen-bond acceptors (Lipinski definition) is 3. The molecule has 3 aromatic carbocycles. The van der Waals surface area contributed by atoms with Crippen LogP contribution in [0.4, 0.5) is 11.4 Å². The molecule has 0 aliphatic carbocycles. The standard InChI is InChI=1S/C22H18N2O2/c25-22(26)18-13-11-17(12-14-18)19(15-23-20-7-3-1-4-8-20)16-24-21-9-5-2-6-10-21/h1-16,19H,(H,25,26). The lowest BCUT2D eigenvalue weighted by molar-refractivity contribution is 0.0697. The second-order valence-corrected chi connectivity index (χ2v) is 5.68. The van der Waals surface area contributed by atoms with Crippen LogP contribution in [0.1, 0.15) is 21.8 Å². The van der Waals surface area contributed by atoms with Gasteiger partial charge in [0.1, 0.15) is 0 Å². The van der Waals surface area contributed by atoms with Crippen LogP contribution in [0.25, 0.3) is 0 Å². The molecule has 26 heavy (non-hydrogen) atoms. The Labute approximate surface area is 152 Å². The summed E-state index contributed by atoms with van der Waals surface area (Å²) in [6.45, 7) is 0. The van der Waals surface area contributed by atoms with E-state index in [9.17, 15) is 4.79 Å². The molecular formula is C22H18N2O2. The molecule has 4 nitrogen and oxygen atoms in total. The first-order chi connectivity index (χ1) is 12.7. The van der Waals surface area contributed by atoms with Crippen molar-refractivity contribution in [1.29, 1.82) is 0 Å². The largest absolute Gasteiger partial charge is 0.478 e. The van der Waals surface area contributed by atoms with Crippen molar-refractivity contribution in [2.75, 3.05) is 0 Å². The van der Waals surface area contributed by atoms with Crippen LogP contribution in [0, 0.1) is 0 Å². The first-order valence-corrected chi connectivity index (χ1v) is 8.24. The molecule has 0 aromatic heterocycles. The van der Waals surface area contributed by atoms with Crippen molar-refractivity contribution >= 4 is 29.8 Å². The first kappa shape index (κ1) is 17.3. The Hall–Kier alpha value is -3.53. The minimum Gasteiger partial charge on any atom is -0.478 e. The van der Waals surface area contributed by atoms with Crippen molar-refractivity contribution in [1.82, 2.24) is 0 Å². The summed E-state index contributed by atoms with van der Waals surface area (Å²) in [7, 11) is 0. The maximum absolute atomic E-state index is 11.1. The molecule has 0 bridgehead atoms. The van der Waals surface area contributed by atoms with Gasteiger partial charge in [-0.1, -0.05) is 48.5 Å². The summed E-state index contributed by atoms with van der Waals surface area (Å²) in [5, 5.41) is 9.07. The van der Waals surface area contributed by atoms with E-state index in [0.29, 0.717) is 0 Å². The highest BCUT2D eigenvalue weighted by atomic mass is 16.4. The van der Waals surface area contributed by atoms with Crippen LogP contribution in [-0.2, 0) is 0 Å². The summed E-state index contributed by atoms with van der Waals surface area (Å²) < 4.78 is 0. The van der Waals surface area contributed by atoms with Gasteiger partial charge in [-0.15, -0.1) is 0 Å². The number of rotatable bonds is 6. The third-order valence-electron chi connectivity index (χ3n) is 3.82. The van der Waals surface area contributed by atoms with Gasteiger partial charge in [-0.2, -0.15) is 0 Å². The smallest absolute Gasteiger partial charge is 0.335 e. The number of hydrogen-bond donors (Lipinski definition) is 1. The molecule has 4 heteroatoms. The molecule has 0 saturated heterocycles. The summed E-state index contributed by atoms with van der Waals surface area (Å²) in [6.07, 6.45) is 3.63. The van der Waals surface area contributed by atoms with Crippen LogP contribution in [0.2, 0.25) is 0 Å². The number of carboxylic acids is 1. The van der Waals surface area contributed by atoms with E-state index < -0.39 is 5.97 Å². The van der Waals surface area contributed by atoms with Crippen LogP contribution >= 0.6 is 0 Å². The second-order valence-electron chi connectivity index (χ2n) is 5.68. The maximum Gasteiger partial charge on any atom is 0.335 e. The zero-order valence-electron chi connectivity index (χ0n) is 14.1. The molecule has 0 spiro atoms. The van der Waals surface area contributed by atoms with Crippen LogP contribution in [0.15, 0.2) is 94.9 Å². The van der Waals surface area contributed by atoms with Gasteiger partial charge in [-0.25, -0.2) is 4.79 Å². The third kappa shape index (κ3) is 4.74. The molecule has 0 unspecified atom stereocenters. The number of aliphatic imine (C=N–C) groups is 2. The Morgan fingerprint density at radius 1 is 0.731 bits per heavy atom. The molecule has 0 aliphatic rings.